The van der Waals surface area contributed by atoms with Crippen LogP contribution in [0.3, 0.4) is 0 Å². The summed E-state index contributed by atoms with van der Waals surface area (Å²) in [6.45, 7) is 0.128. The van der Waals surface area contributed by atoms with Gasteiger partial charge in [-0.25, -0.2) is 13.1 Å². The minimum Gasteiger partial charge on any atom is -0.495 e. The summed E-state index contributed by atoms with van der Waals surface area (Å²) in [4.78, 5) is 0.0586. The smallest absolute Gasteiger partial charge is 0.240 e. The van der Waals surface area contributed by atoms with E-state index in [-0.39, 0.29) is 16.5 Å². The monoisotopic (exact) mass is 361 g/mol. The second-order valence-electron chi connectivity index (χ2n) is 4.56. The van der Waals surface area contributed by atoms with E-state index in [1.807, 2.05) is 16.8 Å². The number of rotatable bonds is 7. The average molecular weight is 362 g/mol. The van der Waals surface area contributed by atoms with Gasteiger partial charge in [0.05, 0.1) is 23.1 Å². The highest BCUT2D eigenvalue weighted by molar-refractivity contribution is 7.89. The standard InChI is InChI=1S/C14H16ClNO4S2/c1-20-14-3-2-11(8-12(14)15)22(18,19)16-6-4-13(17)10-5-7-21-9-10/h2-3,5,7-9,13,16-17H,4,6H2,1H3/t13-/m0/s1. The predicted octanol–water partition coefficient (Wildman–Crippen LogP) is 2.81. The summed E-state index contributed by atoms with van der Waals surface area (Å²) in [6.07, 6.45) is -0.395. The van der Waals surface area contributed by atoms with Gasteiger partial charge in [0.25, 0.3) is 0 Å². The molecule has 120 valence electrons. The lowest BCUT2D eigenvalue weighted by Crippen LogP contribution is -2.26. The van der Waals surface area contributed by atoms with Gasteiger partial charge in [0, 0.05) is 6.54 Å². The lowest BCUT2D eigenvalue weighted by atomic mass is 10.1. The maximum absolute atomic E-state index is 12.2. The molecule has 0 amide bonds. The summed E-state index contributed by atoms with van der Waals surface area (Å²) in [6, 6.07) is 6.06. The number of hydrogen-bond acceptors (Lipinski definition) is 5. The Kier molecular flexibility index (Phi) is 5.82. The summed E-state index contributed by atoms with van der Waals surface area (Å²) >= 11 is 7.42. The van der Waals surface area contributed by atoms with Crippen LogP contribution in [0, 0.1) is 0 Å². The molecule has 0 unspecified atom stereocenters. The van der Waals surface area contributed by atoms with E-state index in [0.29, 0.717) is 12.2 Å². The molecule has 0 aliphatic carbocycles. The molecule has 1 heterocycles. The van der Waals surface area contributed by atoms with Crippen molar-refractivity contribution < 1.29 is 18.3 Å². The van der Waals surface area contributed by atoms with Crippen LogP contribution < -0.4 is 9.46 Å². The molecule has 0 aliphatic rings. The Labute approximate surface area is 138 Å². The van der Waals surface area contributed by atoms with Crippen LogP contribution in [0.25, 0.3) is 0 Å². The summed E-state index contributed by atoms with van der Waals surface area (Å²) in [7, 11) is -2.21. The molecule has 8 heteroatoms. The molecule has 0 saturated heterocycles. The van der Waals surface area contributed by atoms with E-state index in [0.717, 1.165) is 5.56 Å². The van der Waals surface area contributed by atoms with Gasteiger partial charge in [-0.1, -0.05) is 11.6 Å². The molecule has 2 rings (SSSR count). The third-order valence-electron chi connectivity index (χ3n) is 3.07. The number of ether oxygens (including phenoxy) is 1. The fraction of sp³-hybridized carbons (Fsp3) is 0.286. The molecule has 2 N–H and O–H groups in total. The van der Waals surface area contributed by atoms with E-state index in [1.165, 1.54) is 36.6 Å². The van der Waals surface area contributed by atoms with Crippen LogP contribution in [0.1, 0.15) is 18.1 Å². The molecule has 2 aromatic rings. The maximum atomic E-state index is 12.2. The fourth-order valence-corrected chi connectivity index (χ4v) is 3.96. The Balaban J connectivity index is 1.98. The van der Waals surface area contributed by atoms with Crippen LogP contribution in [0.4, 0.5) is 0 Å². The van der Waals surface area contributed by atoms with Crippen molar-refractivity contribution in [1.29, 1.82) is 0 Å². The van der Waals surface area contributed by atoms with Gasteiger partial charge in [-0.05, 0) is 47.0 Å². The van der Waals surface area contributed by atoms with Crippen LogP contribution in [0.2, 0.25) is 5.02 Å². The Morgan fingerprint density at radius 1 is 1.41 bits per heavy atom. The van der Waals surface area contributed by atoms with E-state index in [4.69, 9.17) is 16.3 Å². The van der Waals surface area contributed by atoms with Crippen LogP contribution in [-0.4, -0.2) is 27.2 Å². The number of thiophene rings is 1. The highest BCUT2D eigenvalue weighted by atomic mass is 35.5. The topological polar surface area (TPSA) is 75.6 Å². The van der Waals surface area contributed by atoms with Crippen LogP contribution in [-0.2, 0) is 10.0 Å². The highest BCUT2D eigenvalue weighted by Crippen LogP contribution is 2.27. The molecular weight excluding hydrogens is 346 g/mol. The fourth-order valence-electron chi connectivity index (χ4n) is 1.86. The van der Waals surface area contributed by atoms with Gasteiger partial charge in [0.1, 0.15) is 5.75 Å². The SMILES string of the molecule is COc1ccc(S(=O)(=O)NCC[C@H](O)c2ccsc2)cc1Cl. The third-order valence-corrected chi connectivity index (χ3v) is 5.53. The van der Waals surface area contributed by atoms with Crippen molar-refractivity contribution >= 4 is 33.0 Å². The molecule has 0 aliphatic heterocycles. The molecule has 0 bridgehead atoms. The Hall–Kier alpha value is -1.12. The van der Waals surface area contributed by atoms with Gasteiger partial charge in [-0.2, -0.15) is 11.3 Å². The van der Waals surface area contributed by atoms with Gasteiger partial charge in [-0.15, -0.1) is 0 Å². The van der Waals surface area contributed by atoms with Gasteiger partial charge in [0.2, 0.25) is 10.0 Å². The van der Waals surface area contributed by atoms with Crippen molar-refractivity contribution in [1.82, 2.24) is 4.72 Å². The normalized spacial score (nSPS) is 13.0. The largest absolute Gasteiger partial charge is 0.495 e. The molecule has 1 aromatic heterocycles. The minimum atomic E-state index is -3.67. The summed E-state index contributed by atoms with van der Waals surface area (Å²) in [5, 5.41) is 13.8. The first-order valence-electron chi connectivity index (χ1n) is 6.47. The Bertz CT molecular complexity index is 716. The molecule has 5 nitrogen and oxygen atoms in total. The second-order valence-corrected chi connectivity index (χ2v) is 7.51. The zero-order valence-corrected chi connectivity index (χ0v) is 14.2. The van der Waals surface area contributed by atoms with Crippen molar-refractivity contribution in [3.05, 3.63) is 45.6 Å². The van der Waals surface area contributed by atoms with Gasteiger partial charge >= 0.3 is 0 Å². The molecule has 1 atom stereocenters. The predicted molar refractivity (Wildman–Crippen MR) is 87.1 cm³/mol. The molecule has 0 fully saturated rings. The maximum Gasteiger partial charge on any atom is 0.240 e. The van der Waals surface area contributed by atoms with E-state index in [2.05, 4.69) is 4.72 Å². The molecule has 0 radical (unpaired) electrons. The lowest BCUT2D eigenvalue weighted by molar-refractivity contribution is 0.169. The van der Waals surface area contributed by atoms with Gasteiger partial charge < -0.3 is 9.84 Å². The first-order valence-corrected chi connectivity index (χ1v) is 9.28. The summed E-state index contributed by atoms with van der Waals surface area (Å²) in [5.74, 6) is 0.411. The number of sulfonamides is 1. The third kappa shape index (κ3) is 4.21. The van der Waals surface area contributed by atoms with Crippen molar-refractivity contribution in [2.45, 2.75) is 17.4 Å². The number of aliphatic hydroxyl groups is 1. The van der Waals surface area contributed by atoms with Crippen molar-refractivity contribution in [2.75, 3.05) is 13.7 Å². The van der Waals surface area contributed by atoms with Crippen LogP contribution in [0.5, 0.6) is 5.75 Å². The van der Waals surface area contributed by atoms with E-state index >= 15 is 0 Å². The zero-order chi connectivity index (χ0) is 16.2. The van der Waals surface area contributed by atoms with E-state index < -0.39 is 16.1 Å². The van der Waals surface area contributed by atoms with Crippen molar-refractivity contribution in [3.63, 3.8) is 0 Å². The molecule has 0 spiro atoms. The Morgan fingerprint density at radius 3 is 2.77 bits per heavy atom. The number of benzene rings is 1. The number of nitrogens with one attached hydrogen (secondary N) is 1. The second kappa shape index (κ2) is 7.43. The zero-order valence-electron chi connectivity index (χ0n) is 11.8. The van der Waals surface area contributed by atoms with Crippen molar-refractivity contribution in [3.8, 4) is 5.75 Å². The van der Waals surface area contributed by atoms with Crippen LogP contribution >= 0.6 is 22.9 Å². The number of hydrogen-bond donors (Lipinski definition) is 2. The number of methoxy groups -OCH3 is 1. The molecule has 0 saturated carbocycles. The number of halogens is 1. The van der Waals surface area contributed by atoms with Gasteiger partial charge in [-0.3, -0.25) is 0 Å². The van der Waals surface area contributed by atoms with Crippen LogP contribution in [0.15, 0.2) is 39.9 Å². The first kappa shape index (κ1) is 17.2. The molecule has 22 heavy (non-hydrogen) atoms. The summed E-state index contributed by atoms with van der Waals surface area (Å²) in [5.41, 5.74) is 0.789. The molecular formula is C14H16ClNO4S2. The average Bonchev–Trinajstić information content (AvgIpc) is 3.01. The highest BCUT2D eigenvalue weighted by Gasteiger charge is 2.16. The summed E-state index contributed by atoms with van der Waals surface area (Å²) < 4.78 is 31.8. The Morgan fingerprint density at radius 2 is 2.18 bits per heavy atom. The van der Waals surface area contributed by atoms with E-state index in [9.17, 15) is 13.5 Å². The molecule has 1 aromatic carbocycles. The lowest BCUT2D eigenvalue weighted by Gasteiger charge is -2.11. The quantitative estimate of drug-likeness (QED) is 0.795. The number of aliphatic hydroxyl groups excluding tert-OH is 1. The first-order chi connectivity index (χ1) is 10.4. The van der Waals surface area contributed by atoms with Crippen molar-refractivity contribution in [2.24, 2.45) is 0 Å². The van der Waals surface area contributed by atoms with E-state index in [1.54, 1.807) is 0 Å². The van der Waals surface area contributed by atoms with Gasteiger partial charge in [0.15, 0.2) is 0 Å². The minimum absolute atomic E-state index is 0.0586.